The summed E-state index contributed by atoms with van der Waals surface area (Å²) in [6.45, 7) is 7.15. The second-order valence-electron chi connectivity index (χ2n) is 6.14. The Hall–Kier alpha value is -2.09. The molecule has 0 bridgehead atoms. The molecule has 1 atom stereocenters. The van der Waals surface area contributed by atoms with Crippen LogP contribution in [0.25, 0.3) is 10.8 Å². The summed E-state index contributed by atoms with van der Waals surface area (Å²) in [5.74, 6) is 0.153. The van der Waals surface area contributed by atoms with E-state index in [2.05, 4.69) is 45.1 Å². The van der Waals surface area contributed by atoms with E-state index in [1.165, 1.54) is 0 Å². The number of nitrogens with zero attached hydrogens (tertiary/aromatic N) is 1. The molecule has 1 unspecified atom stereocenters. The summed E-state index contributed by atoms with van der Waals surface area (Å²) in [6, 6.07) is 14.4. The lowest BCUT2D eigenvalue weighted by Crippen LogP contribution is -2.40. The lowest BCUT2D eigenvalue weighted by molar-refractivity contribution is 0.0678. The van der Waals surface area contributed by atoms with Crippen molar-refractivity contribution in [1.82, 2.24) is 4.90 Å². The number of carbonyl (C=O) groups excluding carboxylic acids is 1. The summed E-state index contributed by atoms with van der Waals surface area (Å²) in [5, 5.41) is 2.17. The second-order valence-corrected chi connectivity index (χ2v) is 6.14. The average molecular weight is 323 g/mol. The third kappa shape index (κ3) is 4.25. The molecule has 2 heteroatoms. The van der Waals surface area contributed by atoms with Gasteiger partial charge in [-0.1, -0.05) is 62.4 Å². The van der Waals surface area contributed by atoms with Crippen molar-refractivity contribution in [3.63, 3.8) is 0 Å². The Bertz CT molecular complexity index is 684. The van der Waals surface area contributed by atoms with Crippen LogP contribution in [0.3, 0.4) is 0 Å². The van der Waals surface area contributed by atoms with Gasteiger partial charge in [-0.05, 0) is 49.4 Å². The van der Waals surface area contributed by atoms with Gasteiger partial charge in [-0.15, -0.1) is 0 Å². The van der Waals surface area contributed by atoms with Gasteiger partial charge in [0.15, 0.2) is 0 Å². The Labute approximate surface area is 146 Å². The molecule has 128 valence electrons. The molecule has 0 saturated heterocycles. The van der Waals surface area contributed by atoms with Crippen molar-refractivity contribution in [2.75, 3.05) is 6.54 Å². The van der Waals surface area contributed by atoms with E-state index < -0.39 is 0 Å². The van der Waals surface area contributed by atoms with Gasteiger partial charge in [0.05, 0.1) is 0 Å². The molecule has 0 aliphatic carbocycles. The van der Waals surface area contributed by atoms with Gasteiger partial charge in [-0.25, -0.2) is 0 Å². The van der Waals surface area contributed by atoms with E-state index in [1.54, 1.807) is 0 Å². The van der Waals surface area contributed by atoms with Crippen molar-refractivity contribution in [3.8, 4) is 0 Å². The largest absolute Gasteiger partial charge is 0.336 e. The highest BCUT2D eigenvalue weighted by atomic mass is 16.2. The van der Waals surface area contributed by atoms with Crippen molar-refractivity contribution < 1.29 is 4.79 Å². The molecule has 0 N–H and O–H groups in total. The molecule has 1 amide bonds. The van der Waals surface area contributed by atoms with Gasteiger partial charge in [0, 0.05) is 18.2 Å². The van der Waals surface area contributed by atoms with Crippen LogP contribution in [0.1, 0.15) is 56.8 Å². The van der Waals surface area contributed by atoms with Gasteiger partial charge in [0.25, 0.3) is 5.91 Å². The van der Waals surface area contributed by atoms with E-state index in [-0.39, 0.29) is 5.91 Å². The molecule has 0 fully saturated rings. The zero-order valence-electron chi connectivity index (χ0n) is 15.2. The molecule has 0 heterocycles. The standard InChI is InChI=1S/C22H29NO/c1-4-7-8-9-15-19(5-2)23(6-3)22(24)21-17-12-14-18-13-10-11-16-20(18)21/h7-8,10-14,16-17,19H,4-6,9,15H2,1-3H3. The van der Waals surface area contributed by atoms with Crippen molar-refractivity contribution in [1.29, 1.82) is 0 Å². The number of allylic oxidation sites excluding steroid dienone is 2. The van der Waals surface area contributed by atoms with Crippen molar-refractivity contribution in [2.24, 2.45) is 0 Å². The maximum Gasteiger partial charge on any atom is 0.254 e. The van der Waals surface area contributed by atoms with Crippen LogP contribution in [0.15, 0.2) is 54.6 Å². The summed E-state index contributed by atoms with van der Waals surface area (Å²) < 4.78 is 0. The molecule has 2 aromatic rings. The molecule has 2 nitrogen and oxygen atoms in total. The van der Waals surface area contributed by atoms with E-state index in [1.807, 2.05) is 35.2 Å². The number of fused-ring (bicyclic) bond motifs is 1. The number of hydrogen-bond donors (Lipinski definition) is 0. The molecule has 0 aliphatic rings. The highest BCUT2D eigenvalue weighted by Gasteiger charge is 2.22. The fraction of sp³-hybridized carbons (Fsp3) is 0.409. The lowest BCUT2D eigenvalue weighted by Gasteiger charge is -2.30. The van der Waals surface area contributed by atoms with Crippen LogP contribution in [-0.4, -0.2) is 23.4 Å². The van der Waals surface area contributed by atoms with Gasteiger partial charge in [-0.3, -0.25) is 4.79 Å². The SMILES string of the molecule is CCC=CCCC(CC)N(CC)C(=O)c1cccc2ccccc12. The Morgan fingerprint density at radius 1 is 1.04 bits per heavy atom. The highest BCUT2D eigenvalue weighted by Crippen LogP contribution is 2.22. The minimum Gasteiger partial charge on any atom is -0.336 e. The number of carbonyl (C=O) groups is 1. The zero-order chi connectivity index (χ0) is 17.4. The topological polar surface area (TPSA) is 20.3 Å². The summed E-state index contributed by atoms with van der Waals surface area (Å²) >= 11 is 0. The molecule has 2 rings (SSSR count). The van der Waals surface area contributed by atoms with E-state index in [4.69, 9.17) is 0 Å². The average Bonchev–Trinajstić information content (AvgIpc) is 2.63. The minimum absolute atomic E-state index is 0.153. The number of hydrogen-bond acceptors (Lipinski definition) is 1. The second kappa shape index (κ2) is 9.27. The Morgan fingerprint density at radius 2 is 1.79 bits per heavy atom. The van der Waals surface area contributed by atoms with Gasteiger partial charge >= 0.3 is 0 Å². The van der Waals surface area contributed by atoms with Crippen molar-refractivity contribution >= 4 is 16.7 Å². The number of benzene rings is 2. The van der Waals surface area contributed by atoms with Crippen LogP contribution in [0.2, 0.25) is 0 Å². The van der Waals surface area contributed by atoms with E-state index in [0.29, 0.717) is 6.04 Å². The third-order valence-electron chi connectivity index (χ3n) is 4.60. The summed E-state index contributed by atoms with van der Waals surface area (Å²) in [5.41, 5.74) is 0.817. The van der Waals surface area contributed by atoms with Gasteiger partial charge in [0.1, 0.15) is 0 Å². The van der Waals surface area contributed by atoms with Crippen molar-refractivity contribution in [3.05, 3.63) is 60.2 Å². The first-order valence-electron chi connectivity index (χ1n) is 9.16. The predicted octanol–water partition coefficient (Wildman–Crippen LogP) is 5.83. The van der Waals surface area contributed by atoms with E-state index in [0.717, 1.165) is 48.6 Å². The Kier molecular flexibility index (Phi) is 7.05. The number of rotatable bonds is 8. The van der Waals surface area contributed by atoms with Crippen LogP contribution in [0.4, 0.5) is 0 Å². The quantitative estimate of drug-likeness (QED) is 0.560. The third-order valence-corrected chi connectivity index (χ3v) is 4.60. The molecule has 24 heavy (non-hydrogen) atoms. The smallest absolute Gasteiger partial charge is 0.254 e. The first kappa shape index (κ1) is 18.3. The fourth-order valence-electron chi connectivity index (χ4n) is 3.29. The maximum atomic E-state index is 13.2. The molecular formula is C22H29NO. The van der Waals surface area contributed by atoms with Crippen LogP contribution in [0, 0.1) is 0 Å². The summed E-state index contributed by atoms with van der Waals surface area (Å²) in [6.07, 6.45) is 8.56. The lowest BCUT2D eigenvalue weighted by atomic mass is 10.0. The first-order valence-corrected chi connectivity index (χ1v) is 9.16. The van der Waals surface area contributed by atoms with E-state index in [9.17, 15) is 4.79 Å². The van der Waals surface area contributed by atoms with Crippen LogP contribution in [-0.2, 0) is 0 Å². The highest BCUT2D eigenvalue weighted by molar-refractivity contribution is 6.07. The molecular weight excluding hydrogens is 294 g/mol. The molecule has 0 aromatic heterocycles. The van der Waals surface area contributed by atoms with Crippen LogP contribution >= 0.6 is 0 Å². The Morgan fingerprint density at radius 3 is 2.50 bits per heavy atom. The maximum absolute atomic E-state index is 13.2. The van der Waals surface area contributed by atoms with Crippen LogP contribution < -0.4 is 0 Å². The van der Waals surface area contributed by atoms with Gasteiger partial charge < -0.3 is 4.90 Å². The monoisotopic (exact) mass is 323 g/mol. The zero-order valence-corrected chi connectivity index (χ0v) is 15.2. The number of amides is 1. The Balaban J connectivity index is 2.24. The van der Waals surface area contributed by atoms with E-state index >= 15 is 0 Å². The summed E-state index contributed by atoms with van der Waals surface area (Å²) in [4.78, 5) is 15.2. The minimum atomic E-state index is 0.153. The fourth-order valence-corrected chi connectivity index (χ4v) is 3.29. The molecule has 0 saturated carbocycles. The van der Waals surface area contributed by atoms with Crippen LogP contribution in [0.5, 0.6) is 0 Å². The summed E-state index contributed by atoms with van der Waals surface area (Å²) in [7, 11) is 0. The predicted molar refractivity (Wildman–Crippen MR) is 103 cm³/mol. The molecule has 0 radical (unpaired) electrons. The molecule has 0 spiro atoms. The van der Waals surface area contributed by atoms with Gasteiger partial charge in [-0.2, -0.15) is 0 Å². The molecule has 2 aromatic carbocycles. The molecule has 0 aliphatic heterocycles. The van der Waals surface area contributed by atoms with Gasteiger partial charge in [0.2, 0.25) is 0 Å². The van der Waals surface area contributed by atoms with Crippen molar-refractivity contribution in [2.45, 2.75) is 52.5 Å². The normalized spacial score (nSPS) is 12.6. The first-order chi connectivity index (χ1) is 11.7.